The second-order valence-corrected chi connectivity index (χ2v) is 6.76. The molecule has 1 aromatic heterocycles. The van der Waals surface area contributed by atoms with Crippen molar-refractivity contribution in [3.05, 3.63) is 103 Å². The molecule has 0 saturated carbocycles. The fourth-order valence-corrected chi connectivity index (χ4v) is 3.21. The molecule has 5 heteroatoms. The number of hydrogen-bond acceptors (Lipinski definition) is 4. The van der Waals surface area contributed by atoms with Crippen LogP contribution in [0, 0.1) is 11.3 Å². The van der Waals surface area contributed by atoms with Crippen LogP contribution < -0.4 is 0 Å². The summed E-state index contributed by atoms with van der Waals surface area (Å²) in [5.74, 6) is -0.570. The van der Waals surface area contributed by atoms with E-state index in [1.807, 2.05) is 66.9 Å². The van der Waals surface area contributed by atoms with Gasteiger partial charge >= 0.3 is 5.97 Å². The molecule has 31 heavy (non-hydrogen) atoms. The minimum atomic E-state index is -0.570. The van der Waals surface area contributed by atoms with Crippen LogP contribution in [0.1, 0.15) is 5.56 Å². The molecule has 0 aliphatic carbocycles. The molecule has 0 saturated heterocycles. The zero-order valence-electron chi connectivity index (χ0n) is 16.7. The van der Waals surface area contributed by atoms with Crippen molar-refractivity contribution in [1.29, 1.82) is 5.26 Å². The Hall–Kier alpha value is -4.43. The van der Waals surface area contributed by atoms with Gasteiger partial charge in [-0.05, 0) is 29.3 Å². The first-order valence-corrected chi connectivity index (χ1v) is 9.77. The number of aromatic nitrogens is 2. The highest BCUT2D eigenvalue weighted by atomic mass is 16.5. The molecule has 3 aromatic carbocycles. The number of esters is 1. The van der Waals surface area contributed by atoms with Crippen molar-refractivity contribution in [2.24, 2.45) is 0 Å². The first-order valence-electron chi connectivity index (χ1n) is 9.77. The van der Waals surface area contributed by atoms with Crippen LogP contribution in [0.2, 0.25) is 0 Å². The van der Waals surface area contributed by atoms with E-state index in [4.69, 9.17) is 15.1 Å². The third kappa shape index (κ3) is 4.77. The Bertz CT molecular complexity index is 1240. The second kappa shape index (κ2) is 9.38. The van der Waals surface area contributed by atoms with Crippen LogP contribution in [-0.2, 0) is 9.53 Å². The highest BCUT2D eigenvalue weighted by Crippen LogP contribution is 2.28. The van der Waals surface area contributed by atoms with Gasteiger partial charge in [-0.25, -0.2) is 9.48 Å². The summed E-state index contributed by atoms with van der Waals surface area (Å²) in [4.78, 5) is 11.8. The normalized spacial score (nSPS) is 10.7. The van der Waals surface area contributed by atoms with Crippen molar-refractivity contribution in [2.45, 2.75) is 0 Å². The average molecular weight is 405 g/mol. The summed E-state index contributed by atoms with van der Waals surface area (Å²) in [6.07, 6.45) is 4.84. The second-order valence-electron chi connectivity index (χ2n) is 6.76. The van der Waals surface area contributed by atoms with Crippen LogP contribution in [0.4, 0.5) is 0 Å². The molecule has 0 fully saturated rings. The van der Waals surface area contributed by atoms with Gasteiger partial charge in [0.05, 0.1) is 11.4 Å². The molecule has 0 unspecified atom stereocenters. The van der Waals surface area contributed by atoms with Crippen LogP contribution in [0.15, 0.2) is 97.2 Å². The van der Waals surface area contributed by atoms with Crippen molar-refractivity contribution >= 4 is 12.0 Å². The van der Waals surface area contributed by atoms with Crippen molar-refractivity contribution in [2.75, 3.05) is 6.61 Å². The molecule has 0 radical (unpaired) electrons. The lowest BCUT2D eigenvalue weighted by molar-refractivity contribution is -0.136. The summed E-state index contributed by atoms with van der Waals surface area (Å²) in [6.45, 7) is -0.278. The predicted octanol–water partition coefficient (Wildman–Crippen LogP) is 5.29. The van der Waals surface area contributed by atoms with Crippen LogP contribution in [-0.4, -0.2) is 22.4 Å². The Morgan fingerprint density at radius 3 is 2.19 bits per heavy atom. The van der Waals surface area contributed by atoms with Gasteiger partial charge in [0.25, 0.3) is 0 Å². The fourth-order valence-electron chi connectivity index (χ4n) is 3.21. The summed E-state index contributed by atoms with van der Waals surface area (Å²) in [6, 6.07) is 29.9. The van der Waals surface area contributed by atoms with Gasteiger partial charge in [0.1, 0.15) is 6.07 Å². The smallest absolute Gasteiger partial charge is 0.331 e. The molecule has 1 heterocycles. The minimum absolute atomic E-state index is 0.278. The van der Waals surface area contributed by atoms with Crippen molar-refractivity contribution in [1.82, 2.24) is 9.78 Å². The Morgan fingerprint density at radius 2 is 1.52 bits per heavy atom. The molecule has 0 amide bonds. The monoisotopic (exact) mass is 405 g/mol. The summed E-state index contributed by atoms with van der Waals surface area (Å²) >= 11 is 0. The number of carbonyl (C=O) groups is 1. The van der Waals surface area contributed by atoms with Gasteiger partial charge in [0.15, 0.2) is 6.61 Å². The standard InChI is InChI=1S/C26H19N3O2/c27-17-18-31-25(30)16-15-23-19-29(24-9-5-2-6-10-24)28-26(23)22-13-11-21(12-14-22)20-7-3-1-4-8-20/h1-16,19H,18H2. The molecule has 0 atom stereocenters. The van der Waals surface area contributed by atoms with Gasteiger partial charge in [-0.1, -0.05) is 72.8 Å². The molecular formula is C26H19N3O2. The quantitative estimate of drug-likeness (QED) is 0.323. The predicted molar refractivity (Wildman–Crippen MR) is 120 cm³/mol. The summed E-state index contributed by atoms with van der Waals surface area (Å²) in [7, 11) is 0. The first-order chi connectivity index (χ1) is 15.2. The average Bonchev–Trinajstić information content (AvgIpc) is 3.27. The van der Waals surface area contributed by atoms with E-state index in [-0.39, 0.29) is 6.61 Å². The van der Waals surface area contributed by atoms with E-state index < -0.39 is 5.97 Å². The van der Waals surface area contributed by atoms with E-state index in [2.05, 4.69) is 24.3 Å². The highest BCUT2D eigenvalue weighted by Gasteiger charge is 2.11. The number of hydrogen-bond donors (Lipinski definition) is 0. The lowest BCUT2D eigenvalue weighted by Crippen LogP contribution is -1.99. The zero-order chi connectivity index (χ0) is 21.5. The van der Waals surface area contributed by atoms with Crippen LogP contribution in [0.3, 0.4) is 0 Å². The molecule has 0 spiro atoms. The Kier molecular flexibility index (Phi) is 6.01. The Labute approximate surface area is 180 Å². The number of benzene rings is 3. The number of nitrogens with zero attached hydrogens (tertiary/aromatic N) is 3. The number of para-hydroxylation sites is 1. The molecular weight excluding hydrogens is 386 g/mol. The summed E-state index contributed by atoms with van der Waals surface area (Å²) < 4.78 is 6.58. The third-order valence-electron chi connectivity index (χ3n) is 4.71. The van der Waals surface area contributed by atoms with Gasteiger partial charge in [-0.3, -0.25) is 0 Å². The van der Waals surface area contributed by atoms with Gasteiger partial charge < -0.3 is 4.74 Å². The Morgan fingerprint density at radius 1 is 0.903 bits per heavy atom. The number of rotatable bonds is 6. The van der Waals surface area contributed by atoms with Crippen LogP contribution >= 0.6 is 0 Å². The highest BCUT2D eigenvalue weighted by molar-refractivity contribution is 5.89. The van der Waals surface area contributed by atoms with E-state index in [1.54, 1.807) is 16.8 Å². The van der Waals surface area contributed by atoms with Crippen molar-refractivity contribution in [3.63, 3.8) is 0 Å². The van der Waals surface area contributed by atoms with Gasteiger partial charge in [-0.2, -0.15) is 10.4 Å². The minimum Gasteiger partial charge on any atom is -0.447 e. The lowest BCUT2D eigenvalue weighted by atomic mass is 10.0. The van der Waals surface area contributed by atoms with E-state index in [9.17, 15) is 4.79 Å². The maximum absolute atomic E-state index is 11.8. The first kappa shape index (κ1) is 19.9. The maximum Gasteiger partial charge on any atom is 0.331 e. The van der Waals surface area contributed by atoms with Gasteiger partial charge in [-0.15, -0.1) is 0 Å². The molecule has 0 aliphatic rings. The maximum atomic E-state index is 11.8. The zero-order valence-corrected chi connectivity index (χ0v) is 16.7. The molecule has 0 bridgehead atoms. The largest absolute Gasteiger partial charge is 0.447 e. The fraction of sp³-hybridized carbons (Fsp3) is 0.0385. The van der Waals surface area contributed by atoms with E-state index >= 15 is 0 Å². The lowest BCUT2D eigenvalue weighted by Gasteiger charge is -2.04. The van der Waals surface area contributed by atoms with Crippen molar-refractivity contribution < 1.29 is 9.53 Å². The van der Waals surface area contributed by atoms with Crippen LogP contribution in [0.25, 0.3) is 34.1 Å². The topological polar surface area (TPSA) is 67.9 Å². The van der Waals surface area contributed by atoms with Crippen molar-refractivity contribution in [3.8, 4) is 34.1 Å². The van der Waals surface area contributed by atoms with E-state index in [0.717, 1.165) is 33.6 Å². The molecule has 4 aromatic rings. The number of ether oxygens (including phenoxy) is 1. The molecule has 4 rings (SSSR count). The van der Waals surface area contributed by atoms with E-state index in [1.165, 1.54) is 6.08 Å². The van der Waals surface area contributed by atoms with E-state index in [0.29, 0.717) is 0 Å². The molecule has 5 nitrogen and oxygen atoms in total. The van der Waals surface area contributed by atoms with Gasteiger partial charge in [0.2, 0.25) is 0 Å². The SMILES string of the molecule is N#CCOC(=O)C=Cc1cn(-c2ccccc2)nc1-c1ccc(-c2ccccc2)cc1. The number of nitriles is 1. The number of carbonyl (C=O) groups excluding carboxylic acids is 1. The van der Waals surface area contributed by atoms with Crippen LogP contribution in [0.5, 0.6) is 0 Å². The summed E-state index contributed by atoms with van der Waals surface area (Å²) in [5.41, 5.74) is 5.61. The summed E-state index contributed by atoms with van der Waals surface area (Å²) in [5, 5.41) is 13.3. The Balaban J connectivity index is 1.70. The molecule has 0 aliphatic heterocycles. The van der Waals surface area contributed by atoms with Gasteiger partial charge in [0, 0.05) is 23.4 Å². The third-order valence-corrected chi connectivity index (χ3v) is 4.71. The molecule has 150 valence electrons. The molecule has 0 N–H and O–H groups in total.